The van der Waals surface area contributed by atoms with Crippen LogP contribution in [0.25, 0.3) is 11.1 Å². The molecule has 0 bridgehead atoms. The number of nitrogens with one attached hydrogen (secondary N) is 1. The Morgan fingerprint density at radius 2 is 2.05 bits per heavy atom. The summed E-state index contributed by atoms with van der Waals surface area (Å²) in [6.07, 6.45) is 0.818. The molecular weight excluding hydrogens is 268 g/mol. The van der Waals surface area contributed by atoms with Gasteiger partial charge in [0.05, 0.1) is 17.0 Å². The Bertz CT molecular complexity index is 743. The van der Waals surface area contributed by atoms with Crippen molar-refractivity contribution in [3.05, 3.63) is 28.7 Å². The van der Waals surface area contributed by atoms with Gasteiger partial charge in [0, 0.05) is 12.6 Å². The Morgan fingerprint density at radius 1 is 1.32 bits per heavy atom. The number of aromatic nitrogens is 1. The summed E-state index contributed by atoms with van der Waals surface area (Å²) in [6.45, 7) is 4.10. The molecule has 0 radical (unpaired) electrons. The number of benzene rings is 1. The minimum Gasteiger partial charge on any atom is -0.408 e. The third-order valence-corrected chi connectivity index (χ3v) is 4.08. The van der Waals surface area contributed by atoms with Gasteiger partial charge in [-0.3, -0.25) is 9.29 Å². The van der Waals surface area contributed by atoms with Crippen molar-refractivity contribution in [3.8, 4) is 0 Å². The van der Waals surface area contributed by atoms with E-state index in [-0.39, 0.29) is 5.75 Å². The summed E-state index contributed by atoms with van der Waals surface area (Å²) in [4.78, 5) is 11.6. The summed E-state index contributed by atoms with van der Waals surface area (Å²) in [5, 5.41) is 0. The highest BCUT2D eigenvalue weighted by molar-refractivity contribution is 7.92. The van der Waals surface area contributed by atoms with Gasteiger partial charge in [-0.1, -0.05) is 6.92 Å². The molecule has 0 atom stereocenters. The summed E-state index contributed by atoms with van der Waals surface area (Å²) >= 11 is 0. The summed E-state index contributed by atoms with van der Waals surface area (Å²) in [5.74, 6) is -0.432. The van der Waals surface area contributed by atoms with Gasteiger partial charge in [-0.05, 0) is 25.5 Å². The molecule has 0 unspecified atom stereocenters. The minimum absolute atomic E-state index is 0.00810. The van der Waals surface area contributed by atoms with Gasteiger partial charge >= 0.3 is 5.76 Å². The second-order valence-electron chi connectivity index (χ2n) is 4.21. The second kappa shape index (κ2) is 5.08. The van der Waals surface area contributed by atoms with Crippen molar-refractivity contribution < 1.29 is 12.8 Å². The van der Waals surface area contributed by atoms with Gasteiger partial charge in [0.1, 0.15) is 0 Å². The molecule has 2 aromatic rings. The number of oxazole rings is 1. The molecule has 1 aromatic carbocycles. The average Bonchev–Trinajstić information content (AvgIpc) is 2.65. The average molecular weight is 284 g/mol. The first-order valence-corrected chi connectivity index (χ1v) is 7.76. The van der Waals surface area contributed by atoms with Crippen molar-refractivity contribution in [2.75, 3.05) is 10.5 Å². The van der Waals surface area contributed by atoms with E-state index in [1.807, 2.05) is 6.92 Å². The molecule has 0 amide bonds. The molecule has 7 heteroatoms. The summed E-state index contributed by atoms with van der Waals surface area (Å²) in [6, 6.07) is 4.83. The zero-order chi connectivity index (χ0) is 14.0. The number of fused-ring (bicyclic) bond motifs is 1. The number of nitrogens with zero attached hydrogens (tertiary/aromatic N) is 1. The lowest BCUT2D eigenvalue weighted by Gasteiger charge is -2.05. The molecule has 6 nitrogen and oxygen atoms in total. The van der Waals surface area contributed by atoms with Gasteiger partial charge in [0.15, 0.2) is 5.58 Å². The Labute approximate surface area is 111 Å². The molecule has 1 N–H and O–H groups in total. The van der Waals surface area contributed by atoms with Crippen molar-refractivity contribution in [2.24, 2.45) is 0 Å². The number of hydrogen-bond acceptors (Lipinski definition) is 4. The van der Waals surface area contributed by atoms with E-state index in [1.54, 1.807) is 19.1 Å². The Balaban J connectivity index is 2.45. The van der Waals surface area contributed by atoms with Crippen molar-refractivity contribution >= 4 is 26.8 Å². The van der Waals surface area contributed by atoms with E-state index in [0.717, 1.165) is 6.42 Å². The van der Waals surface area contributed by atoms with Crippen LogP contribution in [0.15, 0.2) is 27.4 Å². The van der Waals surface area contributed by atoms with Crippen LogP contribution in [0.4, 0.5) is 5.69 Å². The third-order valence-electron chi connectivity index (χ3n) is 2.77. The van der Waals surface area contributed by atoms with Gasteiger partial charge in [0.25, 0.3) is 0 Å². The fourth-order valence-corrected chi connectivity index (χ4v) is 2.45. The third kappa shape index (κ3) is 2.81. The lowest BCUT2D eigenvalue weighted by molar-refractivity contribution is 0.502. The first-order valence-electron chi connectivity index (χ1n) is 6.10. The summed E-state index contributed by atoms with van der Waals surface area (Å²) in [7, 11) is -3.33. The molecule has 19 heavy (non-hydrogen) atoms. The van der Waals surface area contributed by atoms with Crippen LogP contribution in [0.1, 0.15) is 20.3 Å². The predicted molar refractivity (Wildman–Crippen MR) is 73.8 cm³/mol. The number of rotatable bonds is 5. The van der Waals surface area contributed by atoms with E-state index in [4.69, 9.17) is 4.42 Å². The van der Waals surface area contributed by atoms with Crippen LogP contribution in [-0.4, -0.2) is 18.7 Å². The first-order chi connectivity index (χ1) is 8.96. The maximum absolute atomic E-state index is 11.6. The summed E-state index contributed by atoms with van der Waals surface area (Å²) in [5.41, 5.74) is 1.45. The molecular formula is C12H16N2O4S. The summed E-state index contributed by atoms with van der Waals surface area (Å²) < 4.78 is 32.0. The highest BCUT2D eigenvalue weighted by Crippen LogP contribution is 2.19. The molecule has 0 saturated heterocycles. The van der Waals surface area contributed by atoms with E-state index in [1.165, 1.54) is 10.6 Å². The standard InChI is InChI=1S/C12H16N2O4S/c1-3-7-14-10-6-5-9(13-19(16,17)4-2)8-11(10)18-12(14)15/h5-6,8,13H,3-4,7H2,1-2H3. The van der Waals surface area contributed by atoms with E-state index in [2.05, 4.69) is 4.72 Å². The number of anilines is 1. The molecule has 1 heterocycles. The largest absolute Gasteiger partial charge is 0.419 e. The monoisotopic (exact) mass is 284 g/mol. The quantitative estimate of drug-likeness (QED) is 0.907. The van der Waals surface area contributed by atoms with Crippen LogP contribution in [-0.2, 0) is 16.6 Å². The molecule has 0 saturated carbocycles. The predicted octanol–water partition coefficient (Wildman–Crippen LogP) is 1.77. The Kier molecular flexibility index (Phi) is 3.66. The molecule has 104 valence electrons. The highest BCUT2D eigenvalue weighted by atomic mass is 32.2. The number of aryl methyl sites for hydroxylation is 1. The van der Waals surface area contributed by atoms with Crippen LogP contribution < -0.4 is 10.5 Å². The van der Waals surface area contributed by atoms with E-state index >= 15 is 0 Å². The van der Waals surface area contributed by atoms with E-state index in [0.29, 0.717) is 23.3 Å². The molecule has 0 fully saturated rings. The van der Waals surface area contributed by atoms with E-state index < -0.39 is 15.8 Å². The Hall–Kier alpha value is -1.76. The van der Waals surface area contributed by atoms with Crippen LogP contribution in [0.3, 0.4) is 0 Å². The van der Waals surface area contributed by atoms with E-state index in [9.17, 15) is 13.2 Å². The number of hydrogen-bond donors (Lipinski definition) is 1. The van der Waals surface area contributed by atoms with Crippen molar-refractivity contribution in [2.45, 2.75) is 26.8 Å². The van der Waals surface area contributed by atoms with Gasteiger partial charge in [-0.15, -0.1) is 0 Å². The van der Waals surface area contributed by atoms with Crippen LogP contribution in [0.2, 0.25) is 0 Å². The minimum atomic E-state index is -3.33. The van der Waals surface area contributed by atoms with Crippen LogP contribution in [0.5, 0.6) is 0 Å². The normalized spacial score (nSPS) is 11.9. The van der Waals surface area contributed by atoms with Gasteiger partial charge in [-0.2, -0.15) is 0 Å². The maximum atomic E-state index is 11.6. The highest BCUT2D eigenvalue weighted by Gasteiger charge is 2.11. The SMILES string of the molecule is CCCn1c(=O)oc2cc(NS(=O)(=O)CC)ccc21. The Morgan fingerprint density at radius 3 is 2.68 bits per heavy atom. The van der Waals surface area contributed by atoms with Crippen molar-refractivity contribution in [3.63, 3.8) is 0 Å². The lowest BCUT2D eigenvalue weighted by Crippen LogP contribution is -2.14. The zero-order valence-electron chi connectivity index (χ0n) is 10.8. The van der Waals surface area contributed by atoms with Gasteiger partial charge in [0.2, 0.25) is 10.0 Å². The smallest absolute Gasteiger partial charge is 0.408 e. The molecule has 2 rings (SSSR count). The molecule has 0 aliphatic carbocycles. The fraction of sp³-hybridized carbons (Fsp3) is 0.417. The number of sulfonamides is 1. The van der Waals surface area contributed by atoms with Gasteiger partial charge in [-0.25, -0.2) is 13.2 Å². The van der Waals surface area contributed by atoms with Crippen molar-refractivity contribution in [1.82, 2.24) is 4.57 Å². The first kappa shape index (κ1) is 13.7. The topological polar surface area (TPSA) is 81.3 Å². The fourth-order valence-electron chi connectivity index (χ4n) is 1.82. The zero-order valence-corrected chi connectivity index (χ0v) is 11.7. The molecule has 0 aliphatic heterocycles. The lowest BCUT2D eigenvalue weighted by atomic mass is 10.3. The van der Waals surface area contributed by atoms with Crippen molar-refractivity contribution in [1.29, 1.82) is 0 Å². The maximum Gasteiger partial charge on any atom is 0.419 e. The molecule has 0 spiro atoms. The molecule has 1 aromatic heterocycles. The second-order valence-corrected chi connectivity index (χ2v) is 6.22. The van der Waals surface area contributed by atoms with Crippen LogP contribution >= 0.6 is 0 Å². The van der Waals surface area contributed by atoms with Crippen LogP contribution in [0, 0.1) is 0 Å². The molecule has 0 aliphatic rings. The van der Waals surface area contributed by atoms with Gasteiger partial charge < -0.3 is 4.42 Å².